The van der Waals surface area contributed by atoms with Crippen molar-refractivity contribution in [2.75, 3.05) is 9.80 Å². The van der Waals surface area contributed by atoms with E-state index in [-0.39, 0.29) is 50.0 Å². The largest absolute Gasteiger partial charge is 0.311 e. The molecule has 0 radical (unpaired) electrons. The first-order valence-corrected chi connectivity index (χ1v) is 27.5. The lowest BCUT2D eigenvalue weighted by Crippen LogP contribution is -2.61. The van der Waals surface area contributed by atoms with Crippen LogP contribution < -0.4 is 25.5 Å². The van der Waals surface area contributed by atoms with E-state index in [4.69, 9.17) is 0 Å². The Morgan fingerprint density at radius 3 is 1.46 bits per heavy atom. The minimum Gasteiger partial charge on any atom is -0.311 e. The summed E-state index contributed by atoms with van der Waals surface area (Å²) in [5, 5.41) is 1.42. The molecule has 3 heterocycles. The van der Waals surface area contributed by atoms with Gasteiger partial charge in [0.2, 0.25) is 0 Å². The molecule has 1 aromatic heterocycles. The number of nitrogens with zero attached hydrogens (tertiary/aromatic N) is 2. The molecular formula is C65H81BN2S. The van der Waals surface area contributed by atoms with Gasteiger partial charge < -0.3 is 9.80 Å². The fourth-order valence-electron chi connectivity index (χ4n) is 13.6. The average molecular weight is 933 g/mol. The number of fused-ring (bicyclic) bond motifs is 9. The van der Waals surface area contributed by atoms with Gasteiger partial charge in [0, 0.05) is 43.3 Å². The van der Waals surface area contributed by atoms with Crippen LogP contribution in [0.25, 0.3) is 10.1 Å². The Labute approximate surface area is 421 Å². The van der Waals surface area contributed by atoms with Crippen LogP contribution >= 0.6 is 11.3 Å². The van der Waals surface area contributed by atoms with Crippen molar-refractivity contribution in [3.63, 3.8) is 0 Å². The van der Waals surface area contributed by atoms with Crippen LogP contribution in [0.1, 0.15) is 213 Å². The molecule has 11 rings (SSSR count). The van der Waals surface area contributed by atoms with E-state index in [9.17, 15) is 0 Å². The molecule has 0 saturated carbocycles. The Balaban J connectivity index is 1.33. The summed E-state index contributed by atoms with van der Waals surface area (Å²) in [5.74, 6) is 0. The highest BCUT2D eigenvalue weighted by Gasteiger charge is 2.50. The summed E-state index contributed by atoms with van der Waals surface area (Å²) < 4.78 is 2.92. The van der Waals surface area contributed by atoms with Crippen molar-refractivity contribution in [1.29, 1.82) is 0 Å². The predicted octanol–water partition coefficient (Wildman–Crippen LogP) is 16.9. The number of benzene rings is 5. The van der Waals surface area contributed by atoms with Crippen LogP contribution in [0.5, 0.6) is 0 Å². The molecule has 360 valence electrons. The van der Waals surface area contributed by atoms with Crippen molar-refractivity contribution in [1.82, 2.24) is 0 Å². The van der Waals surface area contributed by atoms with Gasteiger partial charge in [0.25, 0.3) is 6.71 Å². The van der Waals surface area contributed by atoms with Crippen LogP contribution in [0, 0.1) is 6.92 Å². The van der Waals surface area contributed by atoms with E-state index >= 15 is 0 Å². The zero-order valence-corrected chi connectivity index (χ0v) is 46.9. The molecule has 0 atom stereocenters. The maximum atomic E-state index is 2.79. The number of aryl methyl sites for hydroxylation is 1. The number of hydrogen-bond donors (Lipinski definition) is 0. The number of hydrogen-bond acceptors (Lipinski definition) is 3. The third kappa shape index (κ3) is 6.96. The number of anilines is 6. The lowest BCUT2D eigenvalue weighted by Gasteiger charge is -2.48. The van der Waals surface area contributed by atoms with Crippen molar-refractivity contribution in [3.8, 4) is 0 Å². The van der Waals surface area contributed by atoms with Gasteiger partial charge >= 0.3 is 0 Å². The maximum absolute atomic E-state index is 2.79. The first-order chi connectivity index (χ1) is 31.8. The van der Waals surface area contributed by atoms with Gasteiger partial charge in [0.05, 0.1) is 5.69 Å². The first-order valence-electron chi connectivity index (χ1n) is 26.7. The van der Waals surface area contributed by atoms with Gasteiger partial charge in [-0.25, -0.2) is 0 Å². The third-order valence-corrected chi connectivity index (χ3v) is 20.1. The molecule has 0 fully saturated rings. The lowest BCUT2D eigenvalue weighted by molar-refractivity contribution is 0.332. The smallest absolute Gasteiger partial charge is 0.264 e. The summed E-state index contributed by atoms with van der Waals surface area (Å²) in [6, 6.07) is 31.0. The molecule has 0 bridgehead atoms. The molecular weight excluding hydrogens is 852 g/mol. The van der Waals surface area contributed by atoms with Gasteiger partial charge in [-0.3, -0.25) is 0 Å². The van der Waals surface area contributed by atoms with Gasteiger partial charge in [-0.15, -0.1) is 11.3 Å². The van der Waals surface area contributed by atoms with Crippen LogP contribution in [0.4, 0.5) is 34.1 Å². The molecule has 3 aliphatic carbocycles. The van der Waals surface area contributed by atoms with E-state index in [1.807, 2.05) is 0 Å². The molecule has 6 aromatic rings. The highest BCUT2D eigenvalue weighted by Crippen LogP contribution is 2.56. The normalized spacial score (nSPS) is 20.9. The van der Waals surface area contributed by atoms with Gasteiger partial charge in [0.1, 0.15) is 0 Å². The SMILES string of the molecule is Cc1ccc(C(C)(C)C)cc1N1c2cc3c(cc2B2c4sc5cc6c(cc5c4N(c4ccc5c(c4)C(C)(C)CCC5(C)C)c4cc(C(C)(C)C)cc1c42)C(C)(C)CCC6(C)C)C(C)(C)CCC3(C)C. The fourth-order valence-corrected chi connectivity index (χ4v) is 14.9. The lowest BCUT2D eigenvalue weighted by atomic mass is 9.35. The zero-order chi connectivity index (χ0) is 49.7. The second kappa shape index (κ2) is 14.4. The number of thiophene rings is 1. The summed E-state index contributed by atoms with van der Waals surface area (Å²) in [6.45, 7) is 46.7. The first kappa shape index (κ1) is 47.1. The second-order valence-corrected chi connectivity index (χ2v) is 29.8. The highest BCUT2D eigenvalue weighted by molar-refractivity contribution is 7.33. The van der Waals surface area contributed by atoms with Gasteiger partial charge in [-0.2, -0.15) is 0 Å². The Morgan fingerprint density at radius 1 is 0.449 bits per heavy atom. The van der Waals surface area contributed by atoms with Crippen LogP contribution in [-0.4, -0.2) is 6.71 Å². The van der Waals surface area contributed by atoms with Crippen LogP contribution in [-0.2, 0) is 43.3 Å². The van der Waals surface area contributed by atoms with Crippen molar-refractivity contribution >= 4 is 78.0 Å². The van der Waals surface area contributed by atoms with E-state index in [1.54, 1.807) is 5.56 Å². The minimum absolute atomic E-state index is 0.00197. The summed E-state index contributed by atoms with van der Waals surface area (Å²) >= 11 is 2.10. The van der Waals surface area contributed by atoms with Crippen LogP contribution in [0.2, 0.25) is 0 Å². The van der Waals surface area contributed by atoms with E-state index < -0.39 is 0 Å². The van der Waals surface area contributed by atoms with Gasteiger partial charge in [0.15, 0.2) is 0 Å². The molecule has 69 heavy (non-hydrogen) atoms. The minimum atomic E-state index is -0.101. The molecule has 0 spiro atoms. The molecule has 2 aliphatic heterocycles. The second-order valence-electron chi connectivity index (χ2n) is 28.7. The summed E-state index contributed by atoms with van der Waals surface area (Å²) in [5.41, 5.74) is 24.6. The van der Waals surface area contributed by atoms with E-state index in [1.165, 1.54) is 143 Å². The van der Waals surface area contributed by atoms with Gasteiger partial charge in [-0.05, 0) is 198 Å². The van der Waals surface area contributed by atoms with Crippen molar-refractivity contribution in [3.05, 3.63) is 123 Å². The topological polar surface area (TPSA) is 6.48 Å². The Morgan fingerprint density at radius 2 is 0.913 bits per heavy atom. The molecule has 0 unspecified atom stereocenters. The standard InChI is InChI=1S/C65H81BN2S/c1-38-20-21-39(58(2,3)4)30-50(38)68-51-36-47-46(63(14,15)27-28-64(47,16)17)35-49(51)66-55-52(31-40(32-53(55)68)59(5,6)7)67(41-22-23-43-44(33-41)61(10,11)25-24-60(43,8)9)56-42-34-45-48(37-54(42)69-57(56)66)65(18,19)29-26-62(45,12)13/h20-23,30-37H,24-29H2,1-19H3. The third-order valence-electron chi connectivity index (χ3n) is 18.9. The molecule has 5 aromatic carbocycles. The highest BCUT2D eigenvalue weighted by atomic mass is 32.1. The summed E-state index contributed by atoms with van der Waals surface area (Å²) in [7, 11) is 0. The van der Waals surface area contributed by atoms with E-state index in [2.05, 4.69) is 225 Å². The quantitative estimate of drug-likeness (QED) is 0.159. The monoisotopic (exact) mass is 933 g/mol. The summed E-state index contributed by atoms with van der Waals surface area (Å²) in [4.78, 5) is 5.54. The Hall–Kier alpha value is -4.28. The van der Waals surface area contributed by atoms with Crippen LogP contribution in [0.3, 0.4) is 0 Å². The maximum Gasteiger partial charge on any atom is 0.264 e. The predicted molar refractivity (Wildman–Crippen MR) is 304 cm³/mol. The Bertz CT molecular complexity index is 3170. The zero-order valence-electron chi connectivity index (χ0n) is 46.1. The molecule has 2 nitrogen and oxygen atoms in total. The molecule has 0 saturated heterocycles. The van der Waals surface area contributed by atoms with Crippen molar-refractivity contribution < 1.29 is 0 Å². The average Bonchev–Trinajstić information content (AvgIpc) is 3.62. The number of rotatable bonds is 2. The van der Waals surface area contributed by atoms with E-state index in [0.29, 0.717) is 0 Å². The van der Waals surface area contributed by atoms with Crippen molar-refractivity contribution in [2.24, 2.45) is 0 Å². The van der Waals surface area contributed by atoms with Gasteiger partial charge in [-0.1, -0.05) is 149 Å². The molecule has 5 aliphatic rings. The Kier molecular flexibility index (Phi) is 9.86. The molecule has 0 amide bonds. The fraction of sp³-hybridized carbons (Fsp3) is 0.508. The molecule has 0 N–H and O–H groups in total. The van der Waals surface area contributed by atoms with E-state index in [0.717, 1.165) is 0 Å². The summed E-state index contributed by atoms with van der Waals surface area (Å²) in [6.07, 6.45) is 7.18. The van der Waals surface area contributed by atoms with Crippen molar-refractivity contribution in [2.45, 2.75) is 213 Å². The molecule has 4 heteroatoms. The van der Waals surface area contributed by atoms with Crippen LogP contribution in [0.15, 0.2) is 72.8 Å².